The van der Waals surface area contributed by atoms with E-state index in [0.717, 1.165) is 11.3 Å². The van der Waals surface area contributed by atoms with Gasteiger partial charge in [-0.2, -0.15) is 0 Å². The van der Waals surface area contributed by atoms with Gasteiger partial charge in [0.05, 0.1) is 6.54 Å². The number of benzene rings is 2. The molecule has 0 aliphatic rings. The maximum Gasteiger partial charge on any atom is 0.248 e. The van der Waals surface area contributed by atoms with Crippen molar-refractivity contribution in [2.45, 2.75) is 27.3 Å². The molecule has 0 unspecified atom stereocenters. The molecule has 0 radical (unpaired) electrons. The van der Waals surface area contributed by atoms with Crippen molar-refractivity contribution < 1.29 is 0 Å². The zero-order chi connectivity index (χ0) is 17.8. The minimum Gasteiger partial charge on any atom is -0.332 e. The highest BCUT2D eigenvalue weighted by Crippen LogP contribution is 2.16. The van der Waals surface area contributed by atoms with Crippen LogP contribution < -0.4 is 10.6 Å². The number of anilines is 2. The standard InChI is InChI=1S/C19H21N5S/c1-13-4-7-16(8-5-13)11-24-12-20-18(23-24)22-19(25)21-17-9-6-14(2)10-15(17)3/h4-10,12H,11H2,1-3H3,(H2,21,22,23,25). The zero-order valence-corrected chi connectivity index (χ0v) is 15.4. The first-order valence-electron chi connectivity index (χ1n) is 8.10. The van der Waals surface area contributed by atoms with Crippen LogP contribution in [0, 0.1) is 20.8 Å². The lowest BCUT2D eigenvalue weighted by molar-refractivity contribution is 0.687. The van der Waals surface area contributed by atoms with Gasteiger partial charge in [0.1, 0.15) is 6.33 Å². The first-order chi connectivity index (χ1) is 12.0. The second kappa shape index (κ2) is 7.44. The second-order valence-electron chi connectivity index (χ2n) is 6.15. The highest BCUT2D eigenvalue weighted by molar-refractivity contribution is 7.80. The van der Waals surface area contributed by atoms with Crippen LogP contribution in [0.25, 0.3) is 0 Å². The quantitative estimate of drug-likeness (QED) is 0.694. The minimum atomic E-state index is 0.472. The molecular weight excluding hydrogens is 330 g/mol. The molecule has 25 heavy (non-hydrogen) atoms. The Morgan fingerprint density at radius 3 is 2.44 bits per heavy atom. The maximum atomic E-state index is 5.35. The Bertz CT molecular complexity index is 883. The molecule has 0 spiro atoms. The van der Waals surface area contributed by atoms with Gasteiger partial charge in [-0.25, -0.2) is 9.67 Å². The smallest absolute Gasteiger partial charge is 0.248 e. The molecule has 0 saturated carbocycles. The molecule has 2 aromatic carbocycles. The average Bonchev–Trinajstić information content (AvgIpc) is 2.99. The third-order valence-corrected chi connectivity index (χ3v) is 4.06. The first-order valence-corrected chi connectivity index (χ1v) is 8.51. The van der Waals surface area contributed by atoms with Crippen LogP contribution in [0.15, 0.2) is 48.8 Å². The first kappa shape index (κ1) is 17.1. The summed E-state index contributed by atoms with van der Waals surface area (Å²) in [6, 6.07) is 14.5. The molecule has 0 amide bonds. The van der Waals surface area contributed by atoms with Crippen LogP contribution in [-0.2, 0) is 6.54 Å². The minimum absolute atomic E-state index is 0.472. The molecule has 1 heterocycles. The highest BCUT2D eigenvalue weighted by Gasteiger charge is 2.06. The molecule has 6 heteroatoms. The highest BCUT2D eigenvalue weighted by atomic mass is 32.1. The average molecular weight is 351 g/mol. The van der Waals surface area contributed by atoms with E-state index in [4.69, 9.17) is 12.2 Å². The van der Waals surface area contributed by atoms with E-state index in [0.29, 0.717) is 17.6 Å². The lowest BCUT2D eigenvalue weighted by Crippen LogP contribution is -2.20. The van der Waals surface area contributed by atoms with Crippen molar-refractivity contribution in [2.24, 2.45) is 0 Å². The van der Waals surface area contributed by atoms with Gasteiger partial charge in [-0.05, 0) is 50.2 Å². The number of nitrogens with zero attached hydrogens (tertiary/aromatic N) is 3. The van der Waals surface area contributed by atoms with Gasteiger partial charge in [0, 0.05) is 5.69 Å². The summed E-state index contributed by atoms with van der Waals surface area (Å²) in [4.78, 5) is 4.26. The number of thiocarbonyl (C=S) groups is 1. The van der Waals surface area contributed by atoms with E-state index < -0.39 is 0 Å². The SMILES string of the molecule is Cc1ccc(Cn2cnc(NC(=S)Nc3ccc(C)cc3C)n2)cc1. The Balaban J connectivity index is 1.60. The number of aryl methyl sites for hydroxylation is 3. The van der Waals surface area contributed by atoms with E-state index in [-0.39, 0.29) is 0 Å². The third-order valence-electron chi connectivity index (χ3n) is 3.86. The van der Waals surface area contributed by atoms with Gasteiger partial charge in [0.15, 0.2) is 5.11 Å². The molecular formula is C19H21N5S. The van der Waals surface area contributed by atoms with Crippen LogP contribution in [0.2, 0.25) is 0 Å². The number of rotatable bonds is 4. The van der Waals surface area contributed by atoms with Crippen molar-refractivity contribution in [3.8, 4) is 0 Å². The molecule has 2 N–H and O–H groups in total. The van der Waals surface area contributed by atoms with Gasteiger partial charge >= 0.3 is 0 Å². The molecule has 5 nitrogen and oxygen atoms in total. The number of hydrogen-bond donors (Lipinski definition) is 2. The van der Waals surface area contributed by atoms with Crippen molar-refractivity contribution >= 4 is 29.0 Å². The molecule has 0 fully saturated rings. The van der Waals surface area contributed by atoms with E-state index in [2.05, 4.69) is 64.9 Å². The van der Waals surface area contributed by atoms with Crippen molar-refractivity contribution in [2.75, 3.05) is 10.6 Å². The van der Waals surface area contributed by atoms with Crippen LogP contribution in [0.1, 0.15) is 22.3 Å². The fraction of sp³-hybridized carbons (Fsp3) is 0.211. The molecule has 0 bridgehead atoms. The summed E-state index contributed by atoms with van der Waals surface area (Å²) in [6.45, 7) is 6.86. The van der Waals surface area contributed by atoms with Crippen LogP contribution in [-0.4, -0.2) is 19.9 Å². The summed E-state index contributed by atoms with van der Waals surface area (Å²) in [7, 11) is 0. The van der Waals surface area contributed by atoms with Crippen LogP contribution >= 0.6 is 12.2 Å². The molecule has 1 aromatic heterocycles. The van der Waals surface area contributed by atoms with Crippen molar-refractivity contribution in [1.82, 2.24) is 14.8 Å². The van der Waals surface area contributed by atoms with Gasteiger partial charge in [-0.3, -0.25) is 5.32 Å². The molecule has 0 atom stereocenters. The predicted octanol–water partition coefficient (Wildman–Crippen LogP) is 4.06. The van der Waals surface area contributed by atoms with Gasteiger partial charge in [0.2, 0.25) is 5.95 Å². The van der Waals surface area contributed by atoms with Crippen molar-refractivity contribution in [3.05, 3.63) is 71.0 Å². The second-order valence-corrected chi connectivity index (χ2v) is 6.56. The fourth-order valence-corrected chi connectivity index (χ4v) is 2.72. The zero-order valence-electron chi connectivity index (χ0n) is 14.6. The van der Waals surface area contributed by atoms with Gasteiger partial charge in [-0.15, -0.1) is 5.10 Å². The predicted molar refractivity (Wildman–Crippen MR) is 106 cm³/mol. The van der Waals surface area contributed by atoms with Crippen molar-refractivity contribution in [3.63, 3.8) is 0 Å². The Kier molecular flexibility index (Phi) is 5.09. The van der Waals surface area contributed by atoms with Gasteiger partial charge < -0.3 is 5.32 Å². The molecule has 0 saturated heterocycles. The van der Waals surface area contributed by atoms with E-state index in [1.54, 1.807) is 11.0 Å². The normalized spacial score (nSPS) is 10.5. The van der Waals surface area contributed by atoms with E-state index in [9.17, 15) is 0 Å². The van der Waals surface area contributed by atoms with E-state index in [1.165, 1.54) is 16.7 Å². The summed E-state index contributed by atoms with van der Waals surface area (Å²) < 4.78 is 1.78. The molecule has 3 aromatic rings. The summed E-state index contributed by atoms with van der Waals surface area (Å²) in [5.41, 5.74) is 5.76. The van der Waals surface area contributed by atoms with Gasteiger partial charge in [-0.1, -0.05) is 47.5 Å². The Morgan fingerprint density at radius 2 is 1.72 bits per heavy atom. The number of hydrogen-bond acceptors (Lipinski definition) is 3. The maximum absolute atomic E-state index is 5.35. The molecule has 128 valence electrons. The van der Waals surface area contributed by atoms with E-state index >= 15 is 0 Å². The Labute approximate surface area is 153 Å². The molecule has 0 aliphatic carbocycles. The molecule has 3 rings (SSSR count). The van der Waals surface area contributed by atoms with Gasteiger partial charge in [0.25, 0.3) is 0 Å². The van der Waals surface area contributed by atoms with Crippen LogP contribution in [0.3, 0.4) is 0 Å². The van der Waals surface area contributed by atoms with Crippen LogP contribution in [0.4, 0.5) is 11.6 Å². The Hall–Kier alpha value is -2.73. The van der Waals surface area contributed by atoms with E-state index in [1.807, 2.05) is 19.1 Å². The largest absolute Gasteiger partial charge is 0.332 e. The number of aromatic nitrogens is 3. The van der Waals surface area contributed by atoms with Crippen molar-refractivity contribution in [1.29, 1.82) is 0 Å². The summed E-state index contributed by atoms with van der Waals surface area (Å²) in [6.07, 6.45) is 1.70. The summed E-state index contributed by atoms with van der Waals surface area (Å²) >= 11 is 5.35. The number of nitrogens with one attached hydrogen (secondary N) is 2. The Morgan fingerprint density at radius 1 is 1.00 bits per heavy atom. The molecule has 0 aliphatic heterocycles. The van der Waals surface area contributed by atoms with Crippen LogP contribution in [0.5, 0.6) is 0 Å². The lowest BCUT2D eigenvalue weighted by Gasteiger charge is -2.11. The summed E-state index contributed by atoms with van der Waals surface area (Å²) in [5, 5.41) is 11.1. The topological polar surface area (TPSA) is 54.8 Å². The lowest BCUT2D eigenvalue weighted by atomic mass is 10.1. The summed E-state index contributed by atoms with van der Waals surface area (Å²) in [5.74, 6) is 0.481. The third kappa shape index (κ3) is 4.64. The fourth-order valence-electron chi connectivity index (χ4n) is 2.52. The monoisotopic (exact) mass is 351 g/mol.